The van der Waals surface area contributed by atoms with Crippen LogP contribution >= 0.6 is 0 Å². The molecule has 0 aliphatic heterocycles. The van der Waals surface area contributed by atoms with Gasteiger partial charge in [0.1, 0.15) is 0 Å². The summed E-state index contributed by atoms with van der Waals surface area (Å²) in [6, 6.07) is 7.85. The maximum Gasteiger partial charge on any atom is 0.0890 e. The van der Waals surface area contributed by atoms with Crippen molar-refractivity contribution < 1.29 is 4.74 Å². The van der Waals surface area contributed by atoms with Gasteiger partial charge in [-0.25, -0.2) is 4.98 Å². The zero-order valence-corrected chi connectivity index (χ0v) is 11.9. The Hall–Kier alpha value is -2.47. The standard InChI is InChI=1S/C15H17N5O/c1-21-7-6-20-11-13(10-18-20)16-8-12-9-17-14-4-2-3-5-15(14)19-12/h2-5,9-11,16H,6-8H2,1H3. The van der Waals surface area contributed by atoms with E-state index in [1.807, 2.05) is 35.1 Å². The van der Waals surface area contributed by atoms with Crippen molar-refractivity contribution in [3.63, 3.8) is 0 Å². The average Bonchev–Trinajstić information content (AvgIpc) is 2.98. The minimum Gasteiger partial charge on any atom is -0.383 e. The number of anilines is 1. The van der Waals surface area contributed by atoms with Gasteiger partial charge in [-0.2, -0.15) is 5.10 Å². The van der Waals surface area contributed by atoms with Crippen molar-refractivity contribution in [2.75, 3.05) is 19.0 Å². The second-order valence-electron chi connectivity index (χ2n) is 4.69. The van der Waals surface area contributed by atoms with Crippen molar-refractivity contribution in [2.45, 2.75) is 13.1 Å². The highest BCUT2D eigenvalue weighted by molar-refractivity contribution is 5.73. The van der Waals surface area contributed by atoms with E-state index in [1.54, 1.807) is 19.5 Å². The van der Waals surface area contributed by atoms with E-state index in [2.05, 4.69) is 20.4 Å². The van der Waals surface area contributed by atoms with Crippen molar-refractivity contribution in [2.24, 2.45) is 0 Å². The topological polar surface area (TPSA) is 64.9 Å². The molecule has 0 amide bonds. The molecule has 6 heteroatoms. The van der Waals surface area contributed by atoms with Crippen LogP contribution in [0.1, 0.15) is 5.69 Å². The quantitative estimate of drug-likeness (QED) is 0.750. The monoisotopic (exact) mass is 283 g/mol. The Morgan fingerprint density at radius 1 is 1.19 bits per heavy atom. The second-order valence-corrected chi connectivity index (χ2v) is 4.69. The number of fused-ring (bicyclic) bond motifs is 1. The minimum atomic E-state index is 0.619. The van der Waals surface area contributed by atoms with Crippen molar-refractivity contribution >= 4 is 16.7 Å². The summed E-state index contributed by atoms with van der Waals surface area (Å²) in [5, 5.41) is 7.55. The lowest BCUT2D eigenvalue weighted by Gasteiger charge is -2.04. The second kappa shape index (κ2) is 6.32. The van der Waals surface area contributed by atoms with Crippen LogP contribution in [0.15, 0.2) is 42.9 Å². The van der Waals surface area contributed by atoms with E-state index in [9.17, 15) is 0 Å². The van der Waals surface area contributed by atoms with Crippen LogP contribution < -0.4 is 5.32 Å². The highest BCUT2D eigenvalue weighted by atomic mass is 16.5. The summed E-state index contributed by atoms with van der Waals surface area (Å²) in [6.45, 7) is 2.01. The summed E-state index contributed by atoms with van der Waals surface area (Å²) in [7, 11) is 1.68. The molecule has 6 nitrogen and oxygen atoms in total. The Balaban J connectivity index is 1.64. The van der Waals surface area contributed by atoms with Crippen LogP contribution in [0.4, 0.5) is 5.69 Å². The molecule has 0 unspecified atom stereocenters. The molecule has 0 atom stereocenters. The molecular formula is C15H17N5O. The number of aromatic nitrogens is 4. The number of nitrogens with one attached hydrogen (secondary N) is 1. The molecule has 0 aliphatic rings. The van der Waals surface area contributed by atoms with E-state index in [0.29, 0.717) is 13.2 Å². The first-order valence-electron chi connectivity index (χ1n) is 6.81. The normalized spacial score (nSPS) is 10.9. The molecule has 3 rings (SSSR count). The van der Waals surface area contributed by atoms with Crippen molar-refractivity contribution in [3.05, 3.63) is 48.5 Å². The Kier molecular flexibility index (Phi) is 4.07. The molecule has 0 saturated heterocycles. The first-order chi connectivity index (χ1) is 10.3. The summed E-state index contributed by atoms with van der Waals surface area (Å²) in [6.07, 6.45) is 5.54. The fourth-order valence-corrected chi connectivity index (χ4v) is 2.04. The molecular weight excluding hydrogens is 266 g/mol. The van der Waals surface area contributed by atoms with Gasteiger partial charge >= 0.3 is 0 Å². The van der Waals surface area contributed by atoms with Gasteiger partial charge in [0.15, 0.2) is 0 Å². The molecule has 0 bridgehead atoms. The SMILES string of the molecule is COCCn1cc(NCc2cnc3ccccc3n2)cn1. The number of hydrogen-bond acceptors (Lipinski definition) is 5. The molecule has 2 heterocycles. The van der Waals surface area contributed by atoms with E-state index in [0.717, 1.165) is 29.0 Å². The third-order valence-electron chi connectivity index (χ3n) is 3.13. The molecule has 21 heavy (non-hydrogen) atoms. The van der Waals surface area contributed by atoms with E-state index >= 15 is 0 Å². The molecule has 0 saturated carbocycles. The van der Waals surface area contributed by atoms with Crippen molar-refractivity contribution in [3.8, 4) is 0 Å². The number of benzene rings is 1. The van der Waals surface area contributed by atoms with Gasteiger partial charge in [0.2, 0.25) is 0 Å². The highest BCUT2D eigenvalue weighted by Crippen LogP contribution is 2.10. The molecule has 3 aromatic rings. The first kappa shape index (κ1) is 13.5. The lowest BCUT2D eigenvalue weighted by atomic mass is 10.3. The number of hydrogen-bond donors (Lipinski definition) is 1. The van der Waals surface area contributed by atoms with Crippen LogP contribution in [0, 0.1) is 0 Å². The lowest BCUT2D eigenvalue weighted by molar-refractivity contribution is 0.183. The van der Waals surface area contributed by atoms with Crippen LogP contribution in [0.2, 0.25) is 0 Å². The number of para-hydroxylation sites is 2. The third kappa shape index (κ3) is 3.35. The Bertz CT molecular complexity index is 725. The largest absolute Gasteiger partial charge is 0.383 e. The fourth-order valence-electron chi connectivity index (χ4n) is 2.04. The van der Waals surface area contributed by atoms with Crippen molar-refractivity contribution in [1.29, 1.82) is 0 Å². The molecule has 0 aliphatic carbocycles. The molecule has 1 aromatic carbocycles. The van der Waals surface area contributed by atoms with Gasteiger partial charge in [0.25, 0.3) is 0 Å². The fraction of sp³-hybridized carbons (Fsp3) is 0.267. The van der Waals surface area contributed by atoms with Gasteiger partial charge < -0.3 is 10.1 Å². The van der Waals surface area contributed by atoms with Crippen LogP contribution in [0.3, 0.4) is 0 Å². The Morgan fingerprint density at radius 2 is 2.05 bits per heavy atom. The van der Waals surface area contributed by atoms with Gasteiger partial charge in [-0.1, -0.05) is 12.1 Å². The van der Waals surface area contributed by atoms with Crippen LogP contribution in [-0.4, -0.2) is 33.5 Å². The number of rotatable bonds is 6. The predicted octanol–water partition coefficient (Wildman–Crippen LogP) is 2.08. The smallest absolute Gasteiger partial charge is 0.0890 e. The summed E-state index contributed by atoms with van der Waals surface area (Å²) in [4.78, 5) is 8.97. The molecule has 108 valence electrons. The van der Waals surface area contributed by atoms with Gasteiger partial charge in [-0.3, -0.25) is 9.67 Å². The Morgan fingerprint density at radius 3 is 2.90 bits per heavy atom. The summed E-state index contributed by atoms with van der Waals surface area (Å²) in [5.74, 6) is 0. The summed E-state index contributed by atoms with van der Waals surface area (Å²) >= 11 is 0. The zero-order chi connectivity index (χ0) is 14.5. The zero-order valence-electron chi connectivity index (χ0n) is 11.9. The molecule has 2 aromatic heterocycles. The number of methoxy groups -OCH3 is 1. The number of nitrogens with zero attached hydrogens (tertiary/aromatic N) is 4. The summed E-state index contributed by atoms with van der Waals surface area (Å²) < 4.78 is 6.87. The predicted molar refractivity (Wildman–Crippen MR) is 81.0 cm³/mol. The first-order valence-corrected chi connectivity index (χ1v) is 6.81. The molecule has 0 fully saturated rings. The van der Waals surface area contributed by atoms with E-state index in [-0.39, 0.29) is 0 Å². The third-order valence-corrected chi connectivity index (χ3v) is 3.13. The van der Waals surface area contributed by atoms with Gasteiger partial charge in [0.05, 0.1) is 54.5 Å². The summed E-state index contributed by atoms with van der Waals surface area (Å²) in [5.41, 5.74) is 3.68. The van der Waals surface area contributed by atoms with Gasteiger partial charge in [-0.05, 0) is 12.1 Å². The van der Waals surface area contributed by atoms with E-state index < -0.39 is 0 Å². The van der Waals surface area contributed by atoms with E-state index in [4.69, 9.17) is 4.74 Å². The van der Waals surface area contributed by atoms with Crippen LogP contribution in [-0.2, 0) is 17.8 Å². The lowest BCUT2D eigenvalue weighted by Crippen LogP contribution is -2.04. The maximum absolute atomic E-state index is 5.03. The Labute approximate surface area is 122 Å². The molecule has 1 N–H and O–H groups in total. The van der Waals surface area contributed by atoms with Gasteiger partial charge in [0, 0.05) is 13.3 Å². The van der Waals surface area contributed by atoms with E-state index in [1.165, 1.54) is 0 Å². The van der Waals surface area contributed by atoms with Crippen molar-refractivity contribution in [1.82, 2.24) is 19.7 Å². The van der Waals surface area contributed by atoms with Crippen LogP contribution in [0.5, 0.6) is 0 Å². The minimum absolute atomic E-state index is 0.619. The number of ether oxygens (including phenoxy) is 1. The maximum atomic E-state index is 5.03. The van der Waals surface area contributed by atoms with Crippen LogP contribution in [0.25, 0.3) is 11.0 Å². The highest BCUT2D eigenvalue weighted by Gasteiger charge is 2.01. The average molecular weight is 283 g/mol. The molecule has 0 radical (unpaired) electrons. The molecule has 0 spiro atoms. The van der Waals surface area contributed by atoms with Gasteiger partial charge in [-0.15, -0.1) is 0 Å².